The van der Waals surface area contributed by atoms with Gasteiger partial charge in [-0.2, -0.15) is 0 Å². The van der Waals surface area contributed by atoms with E-state index in [9.17, 15) is 24.6 Å². The Morgan fingerprint density at radius 2 is 0.902 bits per heavy atom. The van der Waals surface area contributed by atoms with Crippen LogP contribution in [0.1, 0.15) is 240 Å². The lowest BCUT2D eigenvalue weighted by molar-refractivity contribution is -0.141. The minimum Gasteiger partial charge on any atom is -0.497 e. The summed E-state index contributed by atoms with van der Waals surface area (Å²) in [7, 11) is 1.63. The lowest BCUT2D eigenvalue weighted by Crippen LogP contribution is -2.18. The Morgan fingerprint density at radius 1 is 0.525 bits per heavy atom. The number of carboxylic acid groups (broad SMARTS) is 2. The number of ether oxygens (including phenoxy) is 2. The molecule has 0 aromatic heterocycles. The van der Waals surface area contributed by atoms with E-state index in [1.807, 2.05) is 24.3 Å². The molecule has 0 spiro atoms. The second kappa shape index (κ2) is 41.0. The van der Waals surface area contributed by atoms with Crippen LogP contribution < -0.4 is 4.74 Å². The summed E-state index contributed by atoms with van der Waals surface area (Å²) in [5.41, 5.74) is 1.34. The molecule has 0 aliphatic heterocycles. The molecular weight excluding hydrogens is 761 g/mol. The number of carbonyl (C=O) groups is 3. The first-order valence-corrected chi connectivity index (χ1v) is 25.3. The predicted molar refractivity (Wildman–Crippen MR) is 258 cm³/mol. The molecular formula is C54H94O7. The van der Waals surface area contributed by atoms with Gasteiger partial charge in [0.1, 0.15) is 11.3 Å². The summed E-state index contributed by atoms with van der Waals surface area (Å²) in [6, 6.07) is 7.53. The third-order valence-corrected chi connectivity index (χ3v) is 12.2. The van der Waals surface area contributed by atoms with Crippen LogP contribution in [-0.2, 0) is 19.1 Å². The average molecular weight is 855 g/mol. The van der Waals surface area contributed by atoms with E-state index in [1.165, 1.54) is 134 Å². The van der Waals surface area contributed by atoms with E-state index < -0.39 is 11.9 Å². The zero-order chi connectivity index (χ0) is 45.4. The zero-order valence-electron chi connectivity index (χ0n) is 40.6. The number of allylic oxidation sites excluding steroid dienone is 1. The van der Waals surface area contributed by atoms with Crippen molar-refractivity contribution in [2.45, 2.75) is 234 Å². The van der Waals surface area contributed by atoms with Gasteiger partial charge in [0, 0.05) is 6.08 Å². The van der Waals surface area contributed by atoms with Crippen molar-refractivity contribution < 1.29 is 34.1 Å². The van der Waals surface area contributed by atoms with Crippen molar-refractivity contribution in [3.63, 3.8) is 0 Å². The lowest BCUT2D eigenvalue weighted by atomic mass is 9.81. The molecule has 0 aliphatic rings. The van der Waals surface area contributed by atoms with Gasteiger partial charge >= 0.3 is 17.9 Å². The highest BCUT2D eigenvalue weighted by atomic mass is 16.5. The lowest BCUT2D eigenvalue weighted by Gasteiger charge is -2.24. The fourth-order valence-electron chi connectivity index (χ4n) is 8.25. The fourth-order valence-corrected chi connectivity index (χ4v) is 8.25. The average Bonchev–Trinajstić information content (AvgIpc) is 3.25. The van der Waals surface area contributed by atoms with Crippen molar-refractivity contribution in [3.05, 3.63) is 47.1 Å². The van der Waals surface area contributed by atoms with Gasteiger partial charge in [-0.1, -0.05) is 227 Å². The number of benzene rings is 1. The Bertz CT molecular complexity index is 1210. The number of rotatable bonds is 39. The summed E-state index contributed by atoms with van der Waals surface area (Å²) in [5.74, 6) is -0.726. The van der Waals surface area contributed by atoms with Gasteiger partial charge < -0.3 is 19.7 Å². The van der Waals surface area contributed by atoms with Gasteiger partial charge in [0.15, 0.2) is 0 Å². The third kappa shape index (κ3) is 32.3. The molecule has 0 aliphatic carbocycles. The monoisotopic (exact) mass is 855 g/mol. The third-order valence-electron chi connectivity index (χ3n) is 12.2. The molecule has 0 heterocycles. The van der Waals surface area contributed by atoms with Gasteiger partial charge in [-0.15, -0.1) is 0 Å². The smallest absolute Gasteiger partial charge is 0.343 e. The molecule has 1 rings (SSSR count). The molecule has 0 fully saturated rings. The predicted octanol–water partition coefficient (Wildman–Crippen LogP) is 16.4. The first-order valence-electron chi connectivity index (χ1n) is 25.3. The van der Waals surface area contributed by atoms with Crippen LogP contribution in [0.3, 0.4) is 0 Å². The second-order valence-electron chi connectivity index (χ2n) is 17.7. The molecule has 1 aromatic rings. The summed E-state index contributed by atoms with van der Waals surface area (Å²) < 4.78 is 10.4. The van der Waals surface area contributed by atoms with Crippen LogP contribution in [0.5, 0.6) is 5.75 Å². The second-order valence-corrected chi connectivity index (χ2v) is 17.7. The summed E-state index contributed by atoms with van der Waals surface area (Å²) in [6.07, 6.45) is 38.1. The van der Waals surface area contributed by atoms with Crippen LogP contribution in [0.25, 0.3) is 6.08 Å². The Morgan fingerprint density at radius 3 is 1.28 bits per heavy atom. The van der Waals surface area contributed by atoms with Crippen LogP contribution in [0.4, 0.5) is 0 Å². The zero-order valence-corrected chi connectivity index (χ0v) is 40.6. The van der Waals surface area contributed by atoms with Crippen LogP contribution in [0.15, 0.2) is 41.5 Å². The minimum atomic E-state index is -1.25. The number of carbonyl (C=O) groups excluding carboxylic acids is 1. The topological polar surface area (TPSA) is 110 Å². The molecule has 7 nitrogen and oxygen atoms in total. The summed E-state index contributed by atoms with van der Waals surface area (Å²) in [6.45, 7) is 13.8. The standard InChI is InChI=1S/C36H68O4.C18H26O3/c1-5-9-13-17-19-23-27-31(25-21-15-11-7-3)29-33(34(35(37)38)36(39)40)30-32(26-22-16-12-8-4)28-24-20-18-14-10-6-2;1-4-6-7-15(5-2)14-21-18(19)13-10-16-8-11-17(20-3)12-9-16/h31-32H,5-30H2,1-4H3,(H,37,38)(H,39,40);8-13,15H,4-7,14H2,1-3H3. The molecule has 0 bridgehead atoms. The van der Waals surface area contributed by atoms with E-state index in [1.54, 1.807) is 13.2 Å². The summed E-state index contributed by atoms with van der Waals surface area (Å²) in [5, 5.41) is 20.0. The van der Waals surface area contributed by atoms with Crippen molar-refractivity contribution in [1.29, 1.82) is 0 Å². The van der Waals surface area contributed by atoms with Crippen molar-refractivity contribution in [2.75, 3.05) is 13.7 Å². The molecule has 7 heteroatoms. The molecule has 352 valence electrons. The van der Waals surface area contributed by atoms with Crippen LogP contribution in [-0.4, -0.2) is 41.8 Å². The van der Waals surface area contributed by atoms with Gasteiger partial charge in [0.2, 0.25) is 0 Å². The van der Waals surface area contributed by atoms with Crippen molar-refractivity contribution >= 4 is 24.0 Å². The van der Waals surface area contributed by atoms with Gasteiger partial charge in [0.25, 0.3) is 0 Å². The maximum Gasteiger partial charge on any atom is 0.343 e. The fraction of sp³-hybridized carbons (Fsp3) is 0.759. The normalized spacial score (nSPS) is 12.6. The van der Waals surface area contributed by atoms with Gasteiger partial charge in [-0.25, -0.2) is 14.4 Å². The highest BCUT2D eigenvalue weighted by Crippen LogP contribution is 2.34. The first-order chi connectivity index (χ1) is 29.6. The Kier molecular flexibility index (Phi) is 38.9. The first kappa shape index (κ1) is 57.9. The van der Waals surface area contributed by atoms with Crippen LogP contribution >= 0.6 is 0 Å². The number of methoxy groups -OCH3 is 1. The number of carboxylic acids is 2. The van der Waals surface area contributed by atoms with Gasteiger partial charge in [-0.05, 0) is 66.4 Å². The van der Waals surface area contributed by atoms with Crippen molar-refractivity contribution in [3.8, 4) is 5.75 Å². The molecule has 0 radical (unpaired) electrons. The highest BCUT2D eigenvalue weighted by molar-refractivity contribution is 6.13. The van der Waals surface area contributed by atoms with Crippen molar-refractivity contribution in [2.24, 2.45) is 17.8 Å². The largest absolute Gasteiger partial charge is 0.497 e. The minimum absolute atomic E-state index is 0.277. The molecule has 0 saturated carbocycles. The maximum absolute atomic E-state index is 12.2. The summed E-state index contributed by atoms with van der Waals surface area (Å²) >= 11 is 0. The Labute approximate surface area is 375 Å². The molecule has 0 saturated heterocycles. The van der Waals surface area contributed by atoms with E-state index in [-0.39, 0.29) is 11.5 Å². The van der Waals surface area contributed by atoms with E-state index >= 15 is 0 Å². The van der Waals surface area contributed by atoms with Crippen LogP contribution in [0.2, 0.25) is 0 Å². The maximum atomic E-state index is 12.2. The SMILES string of the molecule is CCCCC(CC)COC(=O)C=Cc1ccc(OC)cc1.CCCCCCCCC(CCCCCC)CC(CC(CCCCCC)CCCCCCCC)=C(C(=O)O)C(=O)O. The Hall–Kier alpha value is -3.09. The molecule has 3 atom stereocenters. The van der Waals surface area contributed by atoms with E-state index in [2.05, 4.69) is 41.5 Å². The van der Waals surface area contributed by atoms with Gasteiger partial charge in [0.05, 0.1) is 13.7 Å². The number of hydrogen-bond acceptors (Lipinski definition) is 5. The van der Waals surface area contributed by atoms with Crippen molar-refractivity contribution in [1.82, 2.24) is 0 Å². The number of unbranched alkanes of at least 4 members (excludes halogenated alkanes) is 17. The molecule has 61 heavy (non-hydrogen) atoms. The molecule has 2 N–H and O–H groups in total. The molecule has 3 unspecified atom stereocenters. The number of hydrogen-bond donors (Lipinski definition) is 2. The highest BCUT2D eigenvalue weighted by Gasteiger charge is 2.26. The van der Waals surface area contributed by atoms with E-state index in [4.69, 9.17) is 9.47 Å². The number of esters is 1. The van der Waals surface area contributed by atoms with E-state index in [0.717, 1.165) is 68.3 Å². The van der Waals surface area contributed by atoms with Gasteiger partial charge in [-0.3, -0.25) is 0 Å². The van der Waals surface area contributed by atoms with Crippen LogP contribution in [0, 0.1) is 17.8 Å². The molecule has 0 amide bonds. The number of aliphatic carboxylic acids is 2. The Balaban J connectivity index is 0.00000143. The quantitative estimate of drug-likeness (QED) is 0.0223. The van der Waals surface area contributed by atoms with E-state index in [0.29, 0.717) is 37.2 Å². The summed E-state index contributed by atoms with van der Waals surface area (Å²) in [4.78, 5) is 36.2. The molecule has 1 aromatic carbocycles.